The summed E-state index contributed by atoms with van der Waals surface area (Å²) in [7, 11) is 1.64. The van der Waals surface area contributed by atoms with Crippen molar-refractivity contribution in [2.24, 2.45) is 0 Å². The van der Waals surface area contributed by atoms with Crippen molar-refractivity contribution in [3.63, 3.8) is 0 Å². The molecule has 0 aliphatic rings. The minimum absolute atomic E-state index is 0.0561. The topological polar surface area (TPSA) is 41.1 Å². The number of halogens is 1. The molecule has 0 radical (unpaired) electrons. The van der Waals surface area contributed by atoms with Gasteiger partial charge in [0, 0.05) is 24.8 Å². The van der Waals surface area contributed by atoms with Crippen LogP contribution in [0.1, 0.15) is 21.5 Å². The van der Waals surface area contributed by atoms with Gasteiger partial charge in [0.25, 0.3) is 5.91 Å². The summed E-state index contributed by atoms with van der Waals surface area (Å²) in [6.07, 6.45) is 0. The molecule has 0 aliphatic heterocycles. The van der Waals surface area contributed by atoms with Gasteiger partial charge in [-0.25, -0.2) is 0 Å². The van der Waals surface area contributed by atoms with Gasteiger partial charge in [-0.05, 0) is 57.6 Å². The van der Waals surface area contributed by atoms with Crippen LogP contribution in [0, 0.1) is 6.92 Å². The molecule has 2 N–H and O–H groups in total. The van der Waals surface area contributed by atoms with Gasteiger partial charge in [-0.15, -0.1) is 11.3 Å². The minimum Gasteiger partial charge on any atom is -0.381 e. The highest BCUT2D eigenvalue weighted by atomic mass is 79.9. The summed E-state index contributed by atoms with van der Waals surface area (Å²) in [6.45, 7) is 2.70. The normalized spacial score (nSPS) is 10.3. The molecule has 0 aliphatic carbocycles. The third-order valence-corrected chi connectivity index (χ3v) is 4.46. The highest BCUT2D eigenvalue weighted by Crippen LogP contribution is 2.23. The largest absolute Gasteiger partial charge is 0.381 e. The summed E-state index contributed by atoms with van der Waals surface area (Å²) in [6, 6.07) is 7.81. The van der Waals surface area contributed by atoms with Gasteiger partial charge < -0.3 is 10.6 Å². The van der Waals surface area contributed by atoms with E-state index in [0.717, 1.165) is 21.6 Å². The summed E-state index contributed by atoms with van der Waals surface area (Å²) in [5, 5.41) is 8.13. The summed E-state index contributed by atoms with van der Waals surface area (Å²) >= 11 is 5.12. The molecule has 0 spiro atoms. The van der Waals surface area contributed by atoms with E-state index < -0.39 is 0 Å². The minimum atomic E-state index is -0.0561. The SMILES string of the molecule is CNC(=O)c1cccc(NCc2csc(Br)c2)c1C. The predicted molar refractivity (Wildman–Crippen MR) is 83.9 cm³/mol. The van der Waals surface area contributed by atoms with Gasteiger partial charge in [-0.1, -0.05) is 6.07 Å². The van der Waals surface area contributed by atoms with E-state index in [9.17, 15) is 4.79 Å². The van der Waals surface area contributed by atoms with Crippen LogP contribution in [0.15, 0.2) is 33.4 Å². The van der Waals surface area contributed by atoms with E-state index in [-0.39, 0.29) is 5.91 Å². The fraction of sp³-hybridized carbons (Fsp3) is 0.214. The van der Waals surface area contributed by atoms with Crippen LogP contribution in [0.5, 0.6) is 0 Å². The quantitative estimate of drug-likeness (QED) is 0.890. The number of hydrogen-bond acceptors (Lipinski definition) is 3. The Balaban J connectivity index is 2.14. The van der Waals surface area contributed by atoms with E-state index >= 15 is 0 Å². The van der Waals surface area contributed by atoms with Crippen molar-refractivity contribution in [3.05, 3.63) is 50.1 Å². The molecule has 5 heteroatoms. The highest BCUT2D eigenvalue weighted by Gasteiger charge is 2.09. The lowest BCUT2D eigenvalue weighted by molar-refractivity contribution is 0.0962. The number of carbonyl (C=O) groups is 1. The smallest absolute Gasteiger partial charge is 0.251 e. The maximum absolute atomic E-state index is 11.7. The molecule has 0 atom stereocenters. The van der Waals surface area contributed by atoms with Crippen LogP contribution in [0.4, 0.5) is 5.69 Å². The molecule has 1 amide bonds. The van der Waals surface area contributed by atoms with Crippen molar-refractivity contribution in [1.82, 2.24) is 5.32 Å². The number of nitrogens with one attached hydrogen (secondary N) is 2. The Morgan fingerprint density at radius 1 is 1.42 bits per heavy atom. The number of hydrogen-bond donors (Lipinski definition) is 2. The molecule has 1 aromatic heterocycles. The van der Waals surface area contributed by atoms with Gasteiger partial charge in [0.15, 0.2) is 0 Å². The molecule has 100 valence electrons. The lowest BCUT2D eigenvalue weighted by Crippen LogP contribution is -2.19. The number of amides is 1. The monoisotopic (exact) mass is 338 g/mol. The molecule has 0 unspecified atom stereocenters. The van der Waals surface area contributed by atoms with Crippen molar-refractivity contribution >= 4 is 38.9 Å². The predicted octanol–water partition coefficient (Wildman–Crippen LogP) is 3.79. The Morgan fingerprint density at radius 2 is 2.21 bits per heavy atom. The van der Waals surface area contributed by atoms with E-state index in [1.807, 2.05) is 25.1 Å². The van der Waals surface area contributed by atoms with Gasteiger partial charge in [0.2, 0.25) is 0 Å². The molecule has 19 heavy (non-hydrogen) atoms. The summed E-state index contributed by atoms with van der Waals surface area (Å²) < 4.78 is 1.13. The van der Waals surface area contributed by atoms with Crippen molar-refractivity contribution in [2.45, 2.75) is 13.5 Å². The number of anilines is 1. The fourth-order valence-electron chi connectivity index (χ4n) is 1.84. The zero-order valence-corrected chi connectivity index (χ0v) is 13.2. The van der Waals surface area contributed by atoms with E-state index in [1.165, 1.54) is 5.56 Å². The van der Waals surface area contributed by atoms with Crippen molar-refractivity contribution in [3.8, 4) is 0 Å². The molecule has 0 fully saturated rings. The van der Waals surface area contributed by atoms with Crippen LogP contribution in [-0.4, -0.2) is 13.0 Å². The van der Waals surface area contributed by atoms with Crippen LogP contribution in [-0.2, 0) is 6.54 Å². The molecule has 0 saturated heterocycles. The van der Waals surface area contributed by atoms with Crippen LogP contribution in [0.25, 0.3) is 0 Å². The number of thiophene rings is 1. The molecule has 2 aromatic rings. The number of carbonyl (C=O) groups excluding carboxylic acids is 1. The summed E-state index contributed by atoms with van der Waals surface area (Å²) in [5.74, 6) is -0.0561. The van der Waals surface area contributed by atoms with Crippen molar-refractivity contribution in [1.29, 1.82) is 0 Å². The average molecular weight is 339 g/mol. The Kier molecular flexibility index (Phi) is 4.61. The number of rotatable bonds is 4. The third kappa shape index (κ3) is 3.36. The maximum atomic E-state index is 11.7. The molecule has 1 aromatic carbocycles. The highest BCUT2D eigenvalue weighted by molar-refractivity contribution is 9.11. The van der Waals surface area contributed by atoms with Crippen LogP contribution in [0.3, 0.4) is 0 Å². The Labute approximate surface area is 125 Å². The van der Waals surface area contributed by atoms with Gasteiger partial charge in [0.1, 0.15) is 0 Å². The molecular formula is C14H15BrN2OS. The fourth-order valence-corrected chi connectivity index (χ4v) is 3.05. The molecular weight excluding hydrogens is 324 g/mol. The Morgan fingerprint density at radius 3 is 2.84 bits per heavy atom. The van der Waals surface area contributed by atoms with Crippen molar-refractivity contribution < 1.29 is 4.79 Å². The van der Waals surface area contributed by atoms with Crippen LogP contribution in [0.2, 0.25) is 0 Å². The van der Waals surface area contributed by atoms with E-state index in [2.05, 4.69) is 38.0 Å². The number of benzene rings is 1. The first-order valence-corrected chi connectivity index (χ1v) is 7.57. The first kappa shape index (κ1) is 14.1. The van der Waals surface area contributed by atoms with Gasteiger partial charge in [0.05, 0.1) is 3.79 Å². The standard InChI is InChI=1S/C14H15BrN2OS/c1-9-11(14(18)16-2)4-3-5-12(9)17-7-10-6-13(15)19-8-10/h3-6,8,17H,7H2,1-2H3,(H,16,18). The molecule has 0 bridgehead atoms. The zero-order valence-electron chi connectivity index (χ0n) is 10.8. The maximum Gasteiger partial charge on any atom is 0.251 e. The summed E-state index contributed by atoms with van der Waals surface area (Å²) in [5.41, 5.74) is 3.89. The Hall–Kier alpha value is -1.33. The third-order valence-electron chi connectivity index (χ3n) is 2.91. The first-order valence-electron chi connectivity index (χ1n) is 5.90. The summed E-state index contributed by atoms with van der Waals surface area (Å²) in [4.78, 5) is 11.7. The van der Waals surface area contributed by atoms with Crippen molar-refractivity contribution in [2.75, 3.05) is 12.4 Å². The van der Waals surface area contributed by atoms with Gasteiger partial charge >= 0.3 is 0 Å². The van der Waals surface area contributed by atoms with Gasteiger partial charge in [-0.2, -0.15) is 0 Å². The second-order valence-corrected chi connectivity index (χ2v) is 6.46. The molecule has 1 heterocycles. The molecule has 3 nitrogen and oxygen atoms in total. The van der Waals surface area contributed by atoms with Crippen LogP contribution >= 0.6 is 27.3 Å². The average Bonchev–Trinajstić information content (AvgIpc) is 2.82. The van der Waals surface area contributed by atoms with E-state index in [4.69, 9.17) is 0 Å². The Bertz CT molecular complexity index is 595. The van der Waals surface area contributed by atoms with Crippen LogP contribution < -0.4 is 10.6 Å². The lowest BCUT2D eigenvalue weighted by Gasteiger charge is -2.12. The lowest BCUT2D eigenvalue weighted by atomic mass is 10.1. The zero-order chi connectivity index (χ0) is 13.8. The molecule has 0 saturated carbocycles. The second kappa shape index (κ2) is 6.21. The van der Waals surface area contributed by atoms with Gasteiger partial charge in [-0.3, -0.25) is 4.79 Å². The second-order valence-electron chi connectivity index (χ2n) is 4.17. The molecule has 2 rings (SSSR count). The van der Waals surface area contributed by atoms with E-state index in [0.29, 0.717) is 5.56 Å². The van der Waals surface area contributed by atoms with E-state index in [1.54, 1.807) is 18.4 Å². The first-order chi connectivity index (χ1) is 9.11.